The van der Waals surface area contributed by atoms with E-state index in [1.807, 2.05) is 0 Å². The molecule has 0 spiro atoms. The monoisotopic (exact) mass is 342 g/mol. The van der Waals surface area contributed by atoms with Gasteiger partial charge in [-0.2, -0.15) is 13.2 Å². The van der Waals surface area contributed by atoms with E-state index in [1.54, 1.807) is 0 Å². The number of hydrogen-bond donors (Lipinski definition) is 0. The number of rotatable bonds is 5. The van der Waals surface area contributed by atoms with E-state index in [9.17, 15) is 33.4 Å². The molecule has 0 unspecified atom stereocenters. The molecule has 2 rings (SSSR count). The molecule has 7 nitrogen and oxygen atoms in total. The Balaban J connectivity index is 2.28. The van der Waals surface area contributed by atoms with Crippen LogP contribution in [0.3, 0.4) is 0 Å². The lowest BCUT2D eigenvalue weighted by atomic mass is 10.1. The van der Waals surface area contributed by atoms with Crippen LogP contribution in [0.4, 0.5) is 24.5 Å². The second kappa shape index (κ2) is 6.52. The first kappa shape index (κ1) is 17.2. The number of nitro groups is 2. The van der Waals surface area contributed by atoms with Gasteiger partial charge in [0.25, 0.3) is 11.4 Å². The lowest BCUT2D eigenvalue weighted by molar-refractivity contribution is -0.385. The molecule has 0 N–H and O–H groups in total. The van der Waals surface area contributed by atoms with Crippen LogP contribution in [0.1, 0.15) is 11.1 Å². The smallest absolute Gasteiger partial charge is 0.420 e. The molecule has 0 bridgehead atoms. The van der Waals surface area contributed by atoms with E-state index < -0.39 is 33.0 Å². The van der Waals surface area contributed by atoms with Crippen molar-refractivity contribution in [3.8, 4) is 5.75 Å². The number of nitrogens with zero attached hydrogens (tertiary/aromatic N) is 2. The predicted molar refractivity (Wildman–Crippen MR) is 75.5 cm³/mol. The van der Waals surface area contributed by atoms with Crippen LogP contribution < -0.4 is 4.74 Å². The third-order valence-electron chi connectivity index (χ3n) is 3.00. The number of alkyl halides is 3. The molecule has 0 radical (unpaired) electrons. The summed E-state index contributed by atoms with van der Waals surface area (Å²) in [6.45, 7) is -0.359. The fourth-order valence-corrected chi connectivity index (χ4v) is 1.90. The van der Waals surface area contributed by atoms with Crippen LogP contribution in [0.25, 0.3) is 0 Å². The van der Waals surface area contributed by atoms with Crippen molar-refractivity contribution in [2.24, 2.45) is 0 Å². The van der Waals surface area contributed by atoms with Gasteiger partial charge in [-0.05, 0) is 11.6 Å². The molecule has 10 heteroatoms. The van der Waals surface area contributed by atoms with E-state index in [4.69, 9.17) is 4.74 Å². The van der Waals surface area contributed by atoms with Crippen LogP contribution in [0, 0.1) is 20.2 Å². The van der Waals surface area contributed by atoms with Gasteiger partial charge in [0.15, 0.2) is 0 Å². The Morgan fingerprint density at radius 3 is 2.17 bits per heavy atom. The number of non-ortho nitro benzene ring substituents is 2. The molecule has 0 saturated carbocycles. The molecule has 2 aromatic carbocycles. The molecule has 126 valence electrons. The van der Waals surface area contributed by atoms with Crippen molar-refractivity contribution in [3.63, 3.8) is 0 Å². The molecule has 0 heterocycles. The van der Waals surface area contributed by atoms with E-state index in [0.29, 0.717) is 6.07 Å². The van der Waals surface area contributed by atoms with Crippen LogP contribution in [0.2, 0.25) is 0 Å². The van der Waals surface area contributed by atoms with Gasteiger partial charge in [0.2, 0.25) is 0 Å². The Bertz CT molecular complexity index is 792. The van der Waals surface area contributed by atoms with Gasteiger partial charge in [0, 0.05) is 24.3 Å². The number of hydrogen-bond acceptors (Lipinski definition) is 5. The van der Waals surface area contributed by atoms with E-state index >= 15 is 0 Å². The summed E-state index contributed by atoms with van der Waals surface area (Å²) in [6, 6.07) is 7.33. The number of halogens is 3. The highest BCUT2D eigenvalue weighted by Gasteiger charge is 2.36. The Kier molecular flexibility index (Phi) is 4.67. The number of benzene rings is 2. The van der Waals surface area contributed by atoms with Gasteiger partial charge in [-0.25, -0.2) is 0 Å². The fraction of sp³-hybridized carbons (Fsp3) is 0.143. The lowest BCUT2D eigenvalue weighted by Gasteiger charge is -2.13. The summed E-state index contributed by atoms with van der Waals surface area (Å²) >= 11 is 0. The van der Waals surface area contributed by atoms with Crippen molar-refractivity contribution in [1.82, 2.24) is 0 Å². The highest BCUT2D eigenvalue weighted by molar-refractivity contribution is 5.45. The second-order valence-electron chi connectivity index (χ2n) is 4.65. The lowest BCUT2D eigenvalue weighted by Crippen LogP contribution is -2.09. The van der Waals surface area contributed by atoms with Crippen molar-refractivity contribution >= 4 is 11.4 Å². The normalized spacial score (nSPS) is 11.1. The molecular formula is C14H9F3N2O5. The van der Waals surface area contributed by atoms with Gasteiger partial charge >= 0.3 is 6.18 Å². The minimum absolute atomic E-state index is 0.226. The van der Waals surface area contributed by atoms with Crippen molar-refractivity contribution in [2.45, 2.75) is 12.8 Å². The summed E-state index contributed by atoms with van der Waals surface area (Å²) < 4.78 is 44.0. The van der Waals surface area contributed by atoms with Crippen LogP contribution in [0.5, 0.6) is 5.75 Å². The van der Waals surface area contributed by atoms with Gasteiger partial charge in [-0.1, -0.05) is 12.1 Å². The molecule has 0 atom stereocenters. The second-order valence-corrected chi connectivity index (χ2v) is 4.65. The number of nitro benzene ring substituents is 2. The number of ether oxygens (including phenoxy) is 1. The zero-order valence-electron chi connectivity index (χ0n) is 11.8. The standard InChI is InChI=1S/C14H9F3N2O5/c15-14(16,17)12-7-11(19(22)23)4-5-13(12)24-8-9-2-1-3-10(6-9)18(20)21/h1-7H,8H2. The highest BCUT2D eigenvalue weighted by atomic mass is 19.4. The van der Waals surface area contributed by atoms with Gasteiger partial charge < -0.3 is 4.74 Å². The SMILES string of the molecule is O=[N+]([O-])c1cccc(COc2ccc([N+](=O)[O-])cc2C(F)(F)F)c1. The maximum atomic E-state index is 13.0. The zero-order chi connectivity index (χ0) is 17.9. The van der Waals surface area contributed by atoms with Crippen LogP contribution in [-0.4, -0.2) is 9.85 Å². The summed E-state index contributed by atoms with van der Waals surface area (Å²) in [6.07, 6.45) is -4.84. The Hall–Kier alpha value is -3.17. The summed E-state index contributed by atoms with van der Waals surface area (Å²) in [5.41, 5.74) is -1.95. The summed E-state index contributed by atoms with van der Waals surface area (Å²) in [7, 11) is 0. The molecule has 2 aromatic rings. The highest BCUT2D eigenvalue weighted by Crippen LogP contribution is 2.38. The topological polar surface area (TPSA) is 95.5 Å². The van der Waals surface area contributed by atoms with E-state index in [1.165, 1.54) is 24.3 Å². The Morgan fingerprint density at radius 2 is 1.58 bits per heavy atom. The molecule has 0 aliphatic carbocycles. The van der Waals surface area contributed by atoms with Crippen molar-refractivity contribution in [2.75, 3.05) is 0 Å². The first-order valence-corrected chi connectivity index (χ1v) is 6.40. The van der Waals surface area contributed by atoms with Crippen LogP contribution >= 0.6 is 0 Å². The molecule has 24 heavy (non-hydrogen) atoms. The average Bonchev–Trinajstić information content (AvgIpc) is 2.52. The van der Waals surface area contributed by atoms with Crippen molar-refractivity contribution in [3.05, 3.63) is 73.8 Å². The predicted octanol–water partition coefficient (Wildman–Crippen LogP) is 4.10. The van der Waals surface area contributed by atoms with Crippen molar-refractivity contribution in [1.29, 1.82) is 0 Å². The minimum atomic E-state index is -4.84. The first-order valence-electron chi connectivity index (χ1n) is 6.40. The largest absolute Gasteiger partial charge is 0.488 e. The molecular weight excluding hydrogens is 333 g/mol. The van der Waals surface area contributed by atoms with Crippen LogP contribution in [-0.2, 0) is 12.8 Å². The third kappa shape index (κ3) is 3.97. The third-order valence-corrected chi connectivity index (χ3v) is 3.00. The van der Waals surface area contributed by atoms with E-state index in [2.05, 4.69) is 0 Å². The minimum Gasteiger partial charge on any atom is -0.488 e. The Labute approximate surface area is 132 Å². The summed E-state index contributed by atoms with van der Waals surface area (Å²) in [5.74, 6) is -0.598. The maximum absolute atomic E-state index is 13.0. The van der Waals surface area contributed by atoms with E-state index in [-0.39, 0.29) is 17.9 Å². The molecule has 0 aliphatic rings. The van der Waals surface area contributed by atoms with Gasteiger partial charge in [-0.3, -0.25) is 20.2 Å². The molecule has 0 amide bonds. The van der Waals surface area contributed by atoms with Gasteiger partial charge in [0.05, 0.1) is 9.85 Å². The quantitative estimate of drug-likeness (QED) is 0.602. The van der Waals surface area contributed by atoms with Crippen LogP contribution in [0.15, 0.2) is 42.5 Å². The maximum Gasteiger partial charge on any atom is 0.420 e. The van der Waals surface area contributed by atoms with E-state index in [0.717, 1.165) is 12.1 Å². The summed E-state index contributed by atoms with van der Waals surface area (Å²) in [4.78, 5) is 19.7. The molecule has 0 saturated heterocycles. The molecule has 0 aliphatic heterocycles. The average molecular weight is 342 g/mol. The zero-order valence-corrected chi connectivity index (χ0v) is 11.8. The fourth-order valence-electron chi connectivity index (χ4n) is 1.90. The van der Waals surface area contributed by atoms with Gasteiger partial charge in [-0.15, -0.1) is 0 Å². The molecule has 0 aromatic heterocycles. The first-order chi connectivity index (χ1) is 11.2. The van der Waals surface area contributed by atoms with Gasteiger partial charge in [0.1, 0.15) is 17.9 Å². The Morgan fingerprint density at radius 1 is 0.958 bits per heavy atom. The summed E-state index contributed by atoms with van der Waals surface area (Å²) in [5, 5.41) is 21.3. The molecule has 0 fully saturated rings. The van der Waals surface area contributed by atoms with Crippen molar-refractivity contribution < 1.29 is 27.8 Å².